The van der Waals surface area contributed by atoms with Gasteiger partial charge in [-0.05, 0) is 23.8 Å². The molecule has 4 heteroatoms. The van der Waals surface area contributed by atoms with Crippen molar-refractivity contribution in [2.24, 2.45) is 5.73 Å². The van der Waals surface area contributed by atoms with Gasteiger partial charge in [-0.15, -0.1) is 0 Å². The number of rotatable bonds is 3. The van der Waals surface area contributed by atoms with Crippen LogP contribution in [0.15, 0.2) is 42.5 Å². The van der Waals surface area contributed by atoms with Crippen molar-refractivity contribution in [3.8, 4) is 17.2 Å². The maximum absolute atomic E-state index is 6.28. The van der Waals surface area contributed by atoms with E-state index in [9.17, 15) is 0 Å². The van der Waals surface area contributed by atoms with Crippen molar-refractivity contribution < 1.29 is 14.2 Å². The van der Waals surface area contributed by atoms with Crippen LogP contribution in [0, 0.1) is 0 Å². The lowest BCUT2D eigenvalue weighted by Crippen LogP contribution is -2.24. The molecule has 0 saturated carbocycles. The molecular weight excluding hydrogens is 266 g/mol. The van der Waals surface area contributed by atoms with Gasteiger partial charge in [0, 0.05) is 24.1 Å². The van der Waals surface area contributed by atoms with Crippen LogP contribution in [-0.2, 0) is 0 Å². The SMILES string of the molecule is COc1cccc(C2C[C@H](N)c3ccc(OC)cc3O2)c1. The zero-order valence-electron chi connectivity index (χ0n) is 12.2. The van der Waals surface area contributed by atoms with Crippen molar-refractivity contribution >= 4 is 0 Å². The molecule has 4 nitrogen and oxygen atoms in total. The molecule has 1 aliphatic rings. The van der Waals surface area contributed by atoms with E-state index in [4.69, 9.17) is 19.9 Å². The summed E-state index contributed by atoms with van der Waals surface area (Å²) in [5.41, 5.74) is 8.38. The van der Waals surface area contributed by atoms with Crippen molar-refractivity contribution in [2.75, 3.05) is 14.2 Å². The molecule has 0 radical (unpaired) electrons. The number of nitrogens with two attached hydrogens (primary N) is 1. The average molecular weight is 285 g/mol. The van der Waals surface area contributed by atoms with E-state index in [2.05, 4.69) is 0 Å². The fraction of sp³-hybridized carbons (Fsp3) is 0.294. The van der Waals surface area contributed by atoms with Crippen molar-refractivity contribution in [2.45, 2.75) is 18.6 Å². The number of fused-ring (bicyclic) bond motifs is 1. The summed E-state index contributed by atoms with van der Waals surface area (Å²) in [5.74, 6) is 2.38. The van der Waals surface area contributed by atoms with Crippen LogP contribution in [-0.4, -0.2) is 14.2 Å². The molecule has 2 aromatic carbocycles. The summed E-state index contributed by atoms with van der Waals surface area (Å²) < 4.78 is 16.6. The minimum Gasteiger partial charge on any atom is -0.497 e. The number of hydrogen-bond donors (Lipinski definition) is 1. The minimum atomic E-state index is -0.0743. The molecule has 2 atom stereocenters. The fourth-order valence-electron chi connectivity index (χ4n) is 2.65. The van der Waals surface area contributed by atoms with Crippen LogP contribution in [0.1, 0.15) is 29.7 Å². The fourth-order valence-corrected chi connectivity index (χ4v) is 2.65. The highest BCUT2D eigenvalue weighted by Crippen LogP contribution is 2.41. The molecule has 0 spiro atoms. The van der Waals surface area contributed by atoms with E-state index in [-0.39, 0.29) is 12.1 Å². The van der Waals surface area contributed by atoms with Gasteiger partial charge in [-0.2, -0.15) is 0 Å². The molecule has 0 saturated heterocycles. The first kappa shape index (κ1) is 13.8. The summed E-state index contributed by atoms with van der Waals surface area (Å²) in [4.78, 5) is 0. The Kier molecular flexibility index (Phi) is 3.71. The van der Waals surface area contributed by atoms with Crippen LogP contribution in [0.3, 0.4) is 0 Å². The quantitative estimate of drug-likeness (QED) is 0.940. The van der Waals surface area contributed by atoms with Crippen LogP contribution >= 0.6 is 0 Å². The van der Waals surface area contributed by atoms with E-state index in [0.29, 0.717) is 0 Å². The summed E-state index contributed by atoms with van der Waals surface area (Å²) in [6, 6.07) is 13.6. The first-order valence-corrected chi connectivity index (χ1v) is 6.95. The number of methoxy groups -OCH3 is 2. The van der Waals surface area contributed by atoms with E-state index in [1.165, 1.54) is 0 Å². The second kappa shape index (κ2) is 5.66. The monoisotopic (exact) mass is 285 g/mol. The molecule has 21 heavy (non-hydrogen) atoms. The Morgan fingerprint density at radius 3 is 2.57 bits per heavy atom. The van der Waals surface area contributed by atoms with Gasteiger partial charge in [0.05, 0.1) is 14.2 Å². The number of ether oxygens (including phenoxy) is 3. The summed E-state index contributed by atoms with van der Waals surface area (Å²) in [6.45, 7) is 0. The predicted octanol–water partition coefficient (Wildman–Crippen LogP) is 3.23. The van der Waals surface area contributed by atoms with Crippen molar-refractivity contribution in [1.29, 1.82) is 0 Å². The highest BCUT2D eigenvalue weighted by molar-refractivity contribution is 5.45. The number of hydrogen-bond acceptors (Lipinski definition) is 4. The maximum Gasteiger partial charge on any atom is 0.128 e. The van der Waals surface area contributed by atoms with Crippen molar-refractivity contribution in [3.63, 3.8) is 0 Å². The Labute approximate surface area is 124 Å². The summed E-state index contributed by atoms with van der Waals surface area (Å²) in [7, 11) is 3.30. The Bertz CT molecular complexity index is 642. The van der Waals surface area contributed by atoms with Crippen molar-refractivity contribution in [1.82, 2.24) is 0 Å². The van der Waals surface area contributed by atoms with E-state index in [1.807, 2.05) is 42.5 Å². The van der Waals surface area contributed by atoms with E-state index in [1.54, 1.807) is 14.2 Å². The molecular formula is C17H19NO3. The third-order valence-electron chi connectivity index (χ3n) is 3.82. The molecule has 0 fully saturated rings. The van der Waals surface area contributed by atoms with Crippen LogP contribution in [0.2, 0.25) is 0 Å². The maximum atomic E-state index is 6.28. The Balaban J connectivity index is 1.92. The molecule has 0 aromatic heterocycles. The molecule has 3 rings (SSSR count). The van der Waals surface area contributed by atoms with Crippen LogP contribution in [0.25, 0.3) is 0 Å². The summed E-state index contributed by atoms with van der Waals surface area (Å²) in [5, 5.41) is 0. The molecule has 1 heterocycles. The van der Waals surface area contributed by atoms with Crippen molar-refractivity contribution in [3.05, 3.63) is 53.6 Å². The van der Waals surface area contributed by atoms with Gasteiger partial charge in [-0.1, -0.05) is 18.2 Å². The van der Waals surface area contributed by atoms with Gasteiger partial charge < -0.3 is 19.9 Å². The molecule has 110 valence electrons. The van der Waals surface area contributed by atoms with E-state index in [0.717, 1.165) is 34.8 Å². The molecule has 0 aliphatic carbocycles. The second-order valence-corrected chi connectivity index (χ2v) is 5.13. The Morgan fingerprint density at radius 1 is 1.05 bits per heavy atom. The highest BCUT2D eigenvalue weighted by atomic mass is 16.5. The van der Waals surface area contributed by atoms with E-state index < -0.39 is 0 Å². The molecule has 2 aromatic rings. The molecule has 1 aliphatic heterocycles. The van der Waals surface area contributed by atoms with Crippen LogP contribution in [0.5, 0.6) is 17.2 Å². The van der Waals surface area contributed by atoms with Gasteiger partial charge >= 0.3 is 0 Å². The predicted molar refractivity (Wildman–Crippen MR) is 80.9 cm³/mol. The number of benzene rings is 2. The zero-order valence-corrected chi connectivity index (χ0v) is 12.2. The largest absolute Gasteiger partial charge is 0.497 e. The summed E-state index contributed by atoms with van der Waals surface area (Å²) >= 11 is 0. The van der Waals surface area contributed by atoms with E-state index >= 15 is 0 Å². The Morgan fingerprint density at radius 2 is 1.81 bits per heavy atom. The van der Waals surface area contributed by atoms with Gasteiger partial charge in [0.25, 0.3) is 0 Å². The lowest BCUT2D eigenvalue weighted by Gasteiger charge is -2.31. The lowest BCUT2D eigenvalue weighted by molar-refractivity contribution is 0.160. The molecule has 2 N–H and O–H groups in total. The molecule has 0 bridgehead atoms. The van der Waals surface area contributed by atoms with Gasteiger partial charge in [0.2, 0.25) is 0 Å². The zero-order chi connectivity index (χ0) is 14.8. The smallest absolute Gasteiger partial charge is 0.128 e. The average Bonchev–Trinajstić information content (AvgIpc) is 2.54. The van der Waals surface area contributed by atoms with Gasteiger partial charge in [0.1, 0.15) is 23.4 Å². The molecule has 1 unspecified atom stereocenters. The summed E-state index contributed by atoms with van der Waals surface area (Å²) in [6.07, 6.45) is 0.668. The first-order chi connectivity index (χ1) is 10.2. The molecule has 0 amide bonds. The third kappa shape index (κ3) is 2.67. The second-order valence-electron chi connectivity index (χ2n) is 5.13. The Hall–Kier alpha value is -2.20. The van der Waals surface area contributed by atoms with Gasteiger partial charge in [0.15, 0.2) is 0 Å². The van der Waals surface area contributed by atoms with Gasteiger partial charge in [-0.3, -0.25) is 0 Å². The topological polar surface area (TPSA) is 53.7 Å². The standard InChI is InChI=1S/C17H19NO3/c1-19-12-5-3-4-11(8-12)16-10-15(18)14-7-6-13(20-2)9-17(14)21-16/h3-9,15-16H,10,18H2,1-2H3/t15-,16?/m0/s1. The normalized spacial score (nSPS) is 20.3. The van der Waals surface area contributed by atoms with Gasteiger partial charge in [-0.25, -0.2) is 0 Å². The van der Waals surface area contributed by atoms with Crippen LogP contribution < -0.4 is 19.9 Å². The lowest BCUT2D eigenvalue weighted by atomic mass is 9.93. The van der Waals surface area contributed by atoms with Crippen LogP contribution in [0.4, 0.5) is 0 Å². The first-order valence-electron chi connectivity index (χ1n) is 6.95. The highest BCUT2D eigenvalue weighted by Gasteiger charge is 2.27. The third-order valence-corrected chi connectivity index (χ3v) is 3.82. The minimum absolute atomic E-state index is 0.0455.